The summed E-state index contributed by atoms with van der Waals surface area (Å²) in [5, 5.41) is 0. The standard InChI is InChI=1S/C15H15NO/c1-12-7-6-10-15(13(12)2)16(11-17)14-8-4-3-5-9-14/h3-11H,1-2H3. The fourth-order valence-corrected chi connectivity index (χ4v) is 1.84. The molecule has 0 N–H and O–H groups in total. The molecule has 0 radical (unpaired) electrons. The van der Waals surface area contributed by atoms with Gasteiger partial charge >= 0.3 is 0 Å². The topological polar surface area (TPSA) is 20.3 Å². The fraction of sp³-hybridized carbons (Fsp3) is 0.133. The molecule has 0 unspecified atom stereocenters. The van der Waals surface area contributed by atoms with Gasteiger partial charge in [0, 0.05) is 5.69 Å². The first-order valence-electron chi connectivity index (χ1n) is 5.60. The number of para-hydroxylation sites is 1. The van der Waals surface area contributed by atoms with E-state index in [1.807, 2.05) is 62.4 Å². The van der Waals surface area contributed by atoms with Gasteiger partial charge in [0.1, 0.15) is 0 Å². The first kappa shape index (κ1) is 11.4. The zero-order valence-electron chi connectivity index (χ0n) is 10.1. The third-order valence-corrected chi connectivity index (χ3v) is 2.98. The molecule has 0 spiro atoms. The third-order valence-electron chi connectivity index (χ3n) is 2.98. The van der Waals surface area contributed by atoms with E-state index >= 15 is 0 Å². The molecule has 2 aromatic carbocycles. The second kappa shape index (κ2) is 4.83. The lowest BCUT2D eigenvalue weighted by atomic mass is 10.1. The van der Waals surface area contributed by atoms with Crippen LogP contribution >= 0.6 is 0 Å². The lowest BCUT2D eigenvalue weighted by Gasteiger charge is -2.20. The zero-order valence-corrected chi connectivity index (χ0v) is 10.1. The van der Waals surface area contributed by atoms with Crippen LogP contribution in [0.25, 0.3) is 0 Å². The highest BCUT2D eigenvalue weighted by atomic mass is 16.1. The molecule has 2 heteroatoms. The molecule has 0 heterocycles. The zero-order chi connectivity index (χ0) is 12.3. The minimum Gasteiger partial charge on any atom is -0.283 e. The van der Waals surface area contributed by atoms with Gasteiger partial charge in [-0.1, -0.05) is 30.3 Å². The monoisotopic (exact) mass is 225 g/mol. The number of rotatable bonds is 3. The van der Waals surface area contributed by atoms with Crippen LogP contribution in [0.5, 0.6) is 0 Å². The summed E-state index contributed by atoms with van der Waals surface area (Å²) in [5.41, 5.74) is 4.14. The van der Waals surface area contributed by atoms with Crippen molar-refractivity contribution in [3.05, 3.63) is 59.7 Å². The summed E-state index contributed by atoms with van der Waals surface area (Å²) in [4.78, 5) is 13.0. The summed E-state index contributed by atoms with van der Waals surface area (Å²) in [7, 11) is 0. The molecule has 2 aromatic rings. The van der Waals surface area contributed by atoms with Gasteiger partial charge in [0.15, 0.2) is 0 Å². The van der Waals surface area contributed by atoms with Crippen molar-refractivity contribution in [3.8, 4) is 0 Å². The Balaban J connectivity index is 2.50. The number of benzene rings is 2. The minimum atomic E-state index is 0.858. The van der Waals surface area contributed by atoms with Crippen molar-refractivity contribution in [1.29, 1.82) is 0 Å². The third kappa shape index (κ3) is 2.21. The molecule has 0 fully saturated rings. The van der Waals surface area contributed by atoms with Gasteiger partial charge in [0.05, 0.1) is 5.69 Å². The molecule has 1 amide bonds. The van der Waals surface area contributed by atoms with Crippen LogP contribution in [-0.4, -0.2) is 6.41 Å². The number of amides is 1. The van der Waals surface area contributed by atoms with E-state index < -0.39 is 0 Å². The number of anilines is 2. The molecule has 0 aliphatic heterocycles. The highest BCUT2D eigenvalue weighted by molar-refractivity contribution is 5.87. The average Bonchev–Trinajstić information content (AvgIpc) is 2.37. The van der Waals surface area contributed by atoms with Gasteiger partial charge in [-0.2, -0.15) is 0 Å². The van der Waals surface area contributed by atoms with Crippen molar-refractivity contribution in [1.82, 2.24) is 0 Å². The van der Waals surface area contributed by atoms with Gasteiger partial charge in [-0.25, -0.2) is 0 Å². The molecule has 17 heavy (non-hydrogen) atoms. The van der Waals surface area contributed by atoms with Crippen molar-refractivity contribution in [2.45, 2.75) is 13.8 Å². The van der Waals surface area contributed by atoms with Gasteiger partial charge in [-0.3, -0.25) is 9.69 Å². The normalized spacial score (nSPS) is 10.0. The first-order chi connectivity index (χ1) is 8.24. The van der Waals surface area contributed by atoms with E-state index in [0.29, 0.717) is 0 Å². The predicted molar refractivity (Wildman–Crippen MR) is 70.6 cm³/mol. The van der Waals surface area contributed by atoms with Crippen LogP contribution in [-0.2, 0) is 4.79 Å². The summed E-state index contributed by atoms with van der Waals surface area (Å²) >= 11 is 0. The van der Waals surface area contributed by atoms with Crippen LogP contribution in [0.2, 0.25) is 0 Å². The second-order valence-corrected chi connectivity index (χ2v) is 4.03. The van der Waals surface area contributed by atoms with Crippen LogP contribution in [0.1, 0.15) is 11.1 Å². The van der Waals surface area contributed by atoms with Gasteiger partial charge < -0.3 is 0 Å². The molecule has 0 atom stereocenters. The summed E-state index contributed by atoms with van der Waals surface area (Å²) in [6, 6.07) is 15.6. The lowest BCUT2D eigenvalue weighted by Crippen LogP contribution is -2.15. The maximum absolute atomic E-state index is 11.3. The fourth-order valence-electron chi connectivity index (χ4n) is 1.84. The Kier molecular flexibility index (Phi) is 3.24. The van der Waals surface area contributed by atoms with E-state index in [-0.39, 0.29) is 0 Å². The van der Waals surface area contributed by atoms with E-state index in [2.05, 4.69) is 0 Å². The number of aryl methyl sites for hydroxylation is 1. The van der Waals surface area contributed by atoms with E-state index in [1.165, 1.54) is 5.56 Å². The molecular formula is C15H15NO. The van der Waals surface area contributed by atoms with Crippen LogP contribution in [0, 0.1) is 13.8 Å². The molecule has 0 bridgehead atoms. The molecular weight excluding hydrogens is 210 g/mol. The molecule has 0 saturated carbocycles. The van der Waals surface area contributed by atoms with Gasteiger partial charge in [0.25, 0.3) is 0 Å². The Labute approximate surface area is 102 Å². The van der Waals surface area contributed by atoms with Crippen LogP contribution in [0.3, 0.4) is 0 Å². The molecule has 0 aromatic heterocycles. The van der Waals surface area contributed by atoms with Crippen LogP contribution < -0.4 is 4.90 Å². The molecule has 2 rings (SSSR count). The molecule has 2 nitrogen and oxygen atoms in total. The predicted octanol–water partition coefficient (Wildman–Crippen LogP) is 3.60. The Morgan fingerprint density at radius 3 is 2.29 bits per heavy atom. The number of carbonyl (C=O) groups is 1. The summed E-state index contributed by atoms with van der Waals surface area (Å²) < 4.78 is 0. The highest BCUT2D eigenvalue weighted by Crippen LogP contribution is 2.28. The average molecular weight is 225 g/mol. The SMILES string of the molecule is Cc1cccc(N(C=O)c2ccccc2)c1C. The van der Waals surface area contributed by atoms with Gasteiger partial charge in [0.2, 0.25) is 6.41 Å². The number of carbonyl (C=O) groups excluding carboxylic acids is 1. The quantitative estimate of drug-likeness (QED) is 0.731. The largest absolute Gasteiger partial charge is 0.283 e. The van der Waals surface area contributed by atoms with Crippen molar-refractivity contribution >= 4 is 17.8 Å². The van der Waals surface area contributed by atoms with Crippen molar-refractivity contribution < 1.29 is 4.79 Å². The smallest absolute Gasteiger partial charge is 0.218 e. The molecule has 0 aliphatic rings. The van der Waals surface area contributed by atoms with Crippen LogP contribution in [0.4, 0.5) is 11.4 Å². The van der Waals surface area contributed by atoms with Crippen LogP contribution in [0.15, 0.2) is 48.5 Å². The maximum Gasteiger partial charge on any atom is 0.218 e. The lowest BCUT2D eigenvalue weighted by molar-refractivity contribution is -0.106. The first-order valence-corrected chi connectivity index (χ1v) is 5.60. The number of nitrogens with zero attached hydrogens (tertiary/aromatic N) is 1. The Hall–Kier alpha value is -2.09. The van der Waals surface area contributed by atoms with E-state index in [4.69, 9.17) is 0 Å². The molecule has 86 valence electrons. The summed E-state index contributed by atoms with van der Waals surface area (Å²) in [6.07, 6.45) is 0.858. The molecule has 0 saturated heterocycles. The number of hydrogen-bond acceptors (Lipinski definition) is 1. The van der Waals surface area contributed by atoms with Crippen molar-refractivity contribution in [2.24, 2.45) is 0 Å². The summed E-state index contributed by atoms with van der Waals surface area (Å²) in [6.45, 7) is 4.08. The Morgan fingerprint density at radius 2 is 1.65 bits per heavy atom. The molecule has 0 aliphatic carbocycles. The van der Waals surface area contributed by atoms with Crippen molar-refractivity contribution in [2.75, 3.05) is 4.90 Å². The minimum absolute atomic E-state index is 0.858. The van der Waals surface area contributed by atoms with E-state index in [1.54, 1.807) is 4.90 Å². The highest BCUT2D eigenvalue weighted by Gasteiger charge is 2.10. The van der Waals surface area contributed by atoms with Gasteiger partial charge in [-0.15, -0.1) is 0 Å². The van der Waals surface area contributed by atoms with E-state index in [9.17, 15) is 4.79 Å². The Morgan fingerprint density at radius 1 is 0.941 bits per heavy atom. The van der Waals surface area contributed by atoms with E-state index in [0.717, 1.165) is 23.3 Å². The summed E-state index contributed by atoms with van der Waals surface area (Å²) in [5.74, 6) is 0. The maximum atomic E-state index is 11.3. The Bertz CT molecular complexity index is 520. The van der Waals surface area contributed by atoms with Crippen molar-refractivity contribution in [3.63, 3.8) is 0 Å². The number of hydrogen-bond donors (Lipinski definition) is 0. The second-order valence-electron chi connectivity index (χ2n) is 4.03. The van der Waals surface area contributed by atoms with Gasteiger partial charge in [-0.05, 0) is 43.2 Å².